The van der Waals surface area contributed by atoms with Crippen LogP contribution in [0.25, 0.3) is 0 Å². The minimum atomic E-state index is -1.46. The predicted molar refractivity (Wildman–Crippen MR) is 148 cm³/mol. The molecule has 0 unspecified atom stereocenters. The van der Waals surface area contributed by atoms with Crippen molar-refractivity contribution in [1.82, 2.24) is 4.90 Å². The van der Waals surface area contributed by atoms with Crippen LogP contribution in [0.15, 0.2) is 60.7 Å². The number of carbonyl (C=O) groups is 3. The maximum Gasteiger partial charge on any atom is 0.251 e. The Labute approximate surface area is 227 Å². The Morgan fingerprint density at radius 2 is 1.74 bits per heavy atom. The SMILES string of the molecule is CCOc1ccccc1C(=O)[C@@H]1[C@@H]2CCCN2[C@@]2(C(=O)Nc3c2ccc(C)c3C)[C@@]12C(=O)Nc1ccccc12. The molecule has 39 heavy (non-hydrogen) atoms. The Balaban J connectivity index is 1.58. The first kappa shape index (κ1) is 24.1. The van der Waals surface area contributed by atoms with Gasteiger partial charge in [-0.1, -0.05) is 42.5 Å². The molecule has 4 heterocycles. The maximum absolute atomic E-state index is 14.9. The first-order chi connectivity index (χ1) is 18.9. The minimum Gasteiger partial charge on any atom is -0.493 e. The van der Waals surface area contributed by atoms with Gasteiger partial charge in [-0.2, -0.15) is 0 Å². The number of anilines is 2. The number of nitrogens with zero attached hydrogens (tertiary/aromatic N) is 1. The largest absolute Gasteiger partial charge is 0.493 e. The zero-order valence-electron chi connectivity index (χ0n) is 22.3. The van der Waals surface area contributed by atoms with Crippen molar-refractivity contribution in [2.75, 3.05) is 23.8 Å². The van der Waals surface area contributed by atoms with Gasteiger partial charge in [-0.3, -0.25) is 19.3 Å². The van der Waals surface area contributed by atoms with Crippen LogP contribution in [0.3, 0.4) is 0 Å². The van der Waals surface area contributed by atoms with E-state index in [-0.39, 0.29) is 23.6 Å². The van der Waals surface area contributed by atoms with E-state index in [9.17, 15) is 14.4 Å². The summed E-state index contributed by atoms with van der Waals surface area (Å²) < 4.78 is 5.89. The van der Waals surface area contributed by atoms with Crippen LogP contribution in [0.1, 0.15) is 52.4 Å². The molecule has 2 N–H and O–H groups in total. The number of rotatable bonds is 4. The number of ketones is 1. The molecule has 0 bridgehead atoms. The lowest BCUT2D eigenvalue weighted by Gasteiger charge is -2.43. The van der Waals surface area contributed by atoms with Gasteiger partial charge in [0, 0.05) is 23.0 Å². The van der Waals surface area contributed by atoms with Gasteiger partial charge < -0.3 is 15.4 Å². The highest BCUT2D eigenvalue weighted by Gasteiger charge is 2.81. The standard InChI is InChI=1S/C32H31N3O4/c1-4-39-25-14-8-5-10-20(25)28(36)26-24-13-9-17-35(24)32(22-16-15-18(2)19(3)27(22)34-30(32)38)31(26)21-11-6-7-12-23(21)33-29(31)37/h5-8,10-12,14-16,24,26H,4,9,13,17H2,1-3H3,(H,33,37)(H,34,38)/t24-,26-,31+,32-/m0/s1. The van der Waals surface area contributed by atoms with Crippen molar-refractivity contribution in [3.63, 3.8) is 0 Å². The average molecular weight is 522 g/mol. The van der Waals surface area contributed by atoms with Crippen molar-refractivity contribution in [2.24, 2.45) is 5.92 Å². The van der Waals surface area contributed by atoms with Crippen molar-refractivity contribution < 1.29 is 19.1 Å². The second kappa shape index (κ2) is 8.26. The number of nitrogens with one attached hydrogen (secondary N) is 2. The fraction of sp³-hybridized carbons (Fsp3) is 0.344. The highest BCUT2D eigenvalue weighted by atomic mass is 16.5. The average Bonchev–Trinajstić information content (AvgIpc) is 3.65. The van der Waals surface area contributed by atoms with E-state index in [4.69, 9.17) is 4.74 Å². The van der Waals surface area contributed by atoms with Gasteiger partial charge in [0.05, 0.1) is 18.1 Å². The third-order valence-electron chi connectivity index (χ3n) is 9.54. The van der Waals surface area contributed by atoms with Gasteiger partial charge >= 0.3 is 0 Å². The monoisotopic (exact) mass is 521 g/mol. The van der Waals surface area contributed by atoms with E-state index in [2.05, 4.69) is 15.5 Å². The van der Waals surface area contributed by atoms with Crippen molar-refractivity contribution >= 4 is 29.0 Å². The summed E-state index contributed by atoms with van der Waals surface area (Å²) in [7, 11) is 0. The van der Waals surface area contributed by atoms with Crippen molar-refractivity contribution in [1.29, 1.82) is 0 Å². The number of fused-ring (bicyclic) bond motifs is 7. The Bertz CT molecular complexity index is 1580. The van der Waals surface area contributed by atoms with Gasteiger partial charge in [0.25, 0.3) is 5.91 Å². The molecule has 4 aliphatic rings. The second-order valence-corrected chi connectivity index (χ2v) is 11.1. The van der Waals surface area contributed by atoms with Crippen LogP contribution in [0.2, 0.25) is 0 Å². The Kier molecular flexibility index (Phi) is 5.11. The summed E-state index contributed by atoms with van der Waals surface area (Å²) in [6, 6.07) is 18.5. The minimum absolute atomic E-state index is 0.162. The number of ether oxygens (including phenoxy) is 1. The fourth-order valence-corrected chi connectivity index (χ4v) is 8.01. The highest BCUT2D eigenvalue weighted by molar-refractivity contribution is 6.21. The number of amides is 2. The molecule has 3 aromatic carbocycles. The molecule has 4 aliphatic heterocycles. The topological polar surface area (TPSA) is 87.7 Å². The van der Waals surface area contributed by atoms with E-state index >= 15 is 0 Å². The maximum atomic E-state index is 14.9. The molecule has 0 aromatic heterocycles. The van der Waals surface area contributed by atoms with E-state index in [0.717, 1.165) is 35.2 Å². The van der Waals surface area contributed by atoms with Gasteiger partial charge in [0.1, 0.15) is 16.7 Å². The van der Waals surface area contributed by atoms with Gasteiger partial charge in [-0.25, -0.2) is 0 Å². The van der Waals surface area contributed by atoms with Gasteiger partial charge in [0.15, 0.2) is 5.78 Å². The summed E-state index contributed by atoms with van der Waals surface area (Å²) in [5.74, 6) is -0.988. The molecule has 2 amide bonds. The normalized spacial score (nSPS) is 28.4. The number of benzene rings is 3. The second-order valence-electron chi connectivity index (χ2n) is 11.1. The molecule has 2 spiro atoms. The smallest absolute Gasteiger partial charge is 0.251 e. The molecule has 0 saturated carbocycles. The number of aryl methyl sites for hydroxylation is 1. The molecule has 7 heteroatoms. The Morgan fingerprint density at radius 3 is 2.56 bits per heavy atom. The molecule has 2 saturated heterocycles. The lowest BCUT2D eigenvalue weighted by atomic mass is 9.57. The first-order valence-electron chi connectivity index (χ1n) is 13.7. The van der Waals surface area contributed by atoms with Crippen LogP contribution in [0.5, 0.6) is 5.75 Å². The van der Waals surface area contributed by atoms with Crippen LogP contribution >= 0.6 is 0 Å². The van der Waals surface area contributed by atoms with Gasteiger partial charge in [-0.05, 0) is 75.0 Å². The van der Waals surface area contributed by atoms with Crippen LogP contribution in [-0.2, 0) is 20.5 Å². The summed E-state index contributed by atoms with van der Waals surface area (Å²) in [6.07, 6.45) is 1.57. The Morgan fingerprint density at radius 1 is 0.974 bits per heavy atom. The molecular weight excluding hydrogens is 490 g/mol. The molecule has 198 valence electrons. The number of carbonyl (C=O) groups excluding carboxylic acids is 3. The zero-order chi connectivity index (χ0) is 27.1. The molecule has 3 aromatic rings. The van der Waals surface area contributed by atoms with E-state index in [1.807, 2.05) is 69.3 Å². The van der Waals surface area contributed by atoms with Crippen LogP contribution in [0.4, 0.5) is 11.4 Å². The Hall–Kier alpha value is -3.97. The quantitative estimate of drug-likeness (QED) is 0.486. The van der Waals surface area contributed by atoms with E-state index in [1.165, 1.54) is 0 Å². The number of Topliss-reactive ketones (excluding diaryl/α,β-unsaturated/α-hetero) is 1. The summed E-state index contributed by atoms with van der Waals surface area (Å²) in [4.78, 5) is 46.2. The van der Waals surface area contributed by atoms with Gasteiger partial charge in [-0.15, -0.1) is 0 Å². The predicted octanol–water partition coefficient (Wildman–Crippen LogP) is 4.72. The summed E-state index contributed by atoms with van der Waals surface area (Å²) >= 11 is 0. The third kappa shape index (κ3) is 2.73. The molecule has 7 nitrogen and oxygen atoms in total. The van der Waals surface area contributed by atoms with Crippen molar-refractivity contribution in [2.45, 2.75) is 50.6 Å². The summed E-state index contributed by atoms with van der Waals surface area (Å²) in [6.45, 7) is 6.94. The molecule has 7 rings (SSSR count). The molecule has 4 atom stereocenters. The number of hydrogen-bond donors (Lipinski definition) is 2. The molecule has 0 radical (unpaired) electrons. The lowest BCUT2D eigenvalue weighted by molar-refractivity contribution is -0.137. The lowest BCUT2D eigenvalue weighted by Crippen LogP contribution is -2.62. The first-order valence-corrected chi connectivity index (χ1v) is 13.7. The van der Waals surface area contributed by atoms with Crippen molar-refractivity contribution in [3.05, 3.63) is 88.5 Å². The third-order valence-corrected chi connectivity index (χ3v) is 9.54. The highest BCUT2D eigenvalue weighted by Crippen LogP contribution is 2.68. The zero-order valence-corrected chi connectivity index (χ0v) is 22.3. The molecule has 2 fully saturated rings. The van der Waals surface area contributed by atoms with E-state index < -0.39 is 16.9 Å². The van der Waals surface area contributed by atoms with Crippen LogP contribution in [-0.4, -0.2) is 41.7 Å². The molecular formula is C32H31N3O4. The van der Waals surface area contributed by atoms with Gasteiger partial charge in [0.2, 0.25) is 5.91 Å². The summed E-state index contributed by atoms with van der Waals surface area (Å²) in [5, 5.41) is 6.28. The van der Waals surface area contributed by atoms with E-state index in [1.54, 1.807) is 12.1 Å². The fourth-order valence-electron chi connectivity index (χ4n) is 8.01. The number of para-hydroxylation sites is 2. The molecule has 0 aliphatic carbocycles. The summed E-state index contributed by atoms with van der Waals surface area (Å²) in [5.41, 5.74) is 2.57. The van der Waals surface area contributed by atoms with E-state index in [0.29, 0.717) is 35.7 Å². The van der Waals surface area contributed by atoms with Crippen LogP contribution < -0.4 is 15.4 Å². The number of hydrogen-bond acceptors (Lipinski definition) is 5. The van der Waals surface area contributed by atoms with Crippen molar-refractivity contribution in [3.8, 4) is 5.75 Å². The van der Waals surface area contributed by atoms with Crippen LogP contribution in [0, 0.1) is 19.8 Å².